The van der Waals surface area contributed by atoms with Gasteiger partial charge < -0.3 is 34.7 Å². The predicted molar refractivity (Wildman–Crippen MR) is 80.4 cm³/mol. The third-order valence-electron chi connectivity index (χ3n) is 3.58. The molecule has 0 amide bonds. The minimum atomic E-state index is -1.54. The summed E-state index contributed by atoms with van der Waals surface area (Å²) >= 11 is 0. The number of carbonyl (C=O) groups is 2. The van der Waals surface area contributed by atoms with Crippen molar-refractivity contribution < 1.29 is 39.5 Å². The number of hydrogen-bond donors (Lipinski definition) is 4. The van der Waals surface area contributed by atoms with Crippen molar-refractivity contribution in [3.63, 3.8) is 0 Å². The largest absolute Gasteiger partial charge is 0.433 e. The van der Waals surface area contributed by atoms with Crippen molar-refractivity contribution in [1.82, 2.24) is 0 Å². The predicted octanol–water partition coefficient (Wildman–Crippen LogP) is -0.495. The van der Waals surface area contributed by atoms with Crippen LogP contribution in [0.2, 0.25) is 0 Å². The molecule has 1 heterocycles. The van der Waals surface area contributed by atoms with Crippen LogP contribution in [0.5, 0.6) is 0 Å². The zero-order chi connectivity index (χ0) is 17.8. The summed E-state index contributed by atoms with van der Waals surface area (Å²) in [5.74, 6) is -0.532. The molecule has 23 heavy (non-hydrogen) atoms. The minimum absolute atomic E-state index is 0.207. The SMILES string of the molecule is C=O.CCCCCCCC(=O)OC1O[C@H](CO)[C@@H](O)[C@H](O)[C@H]1O. The Hall–Kier alpha value is -1.06. The first-order valence-electron chi connectivity index (χ1n) is 7.80. The molecular weight excluding hydrogens is 308 g/mol. The van der Waals surface area contributed by atoms with E-state index in [0.29, 0.717) is 6.42 Å². The van der Waals surface area contributed by atoms with Gasteiger partial charge in [0.2, 0.25) is 6.29 Å². The summed E-state index contributed by atoms with van der Waals surface area (Å²) in [6.45, 7) is 3.56. The van der Waals surface area contributed by atoms with E-state index in [0.717, 1.165) is 25.7 Å². The zero-order valence-electron chi connectivity index (χ0n) is 13.5. The van der Waals surface area contributed by atoms with E-state index in [1.165, 1.54) is 0 Å². The molecule has 0 saturated carbocycles. The van der Waals surface area contributed by atoms with Crippen LogP contribution in [0.4, 0.5) is 0 Å². The van der Waals surface area contributed by atoms with E-state index in [2.05, 4.69) is 6.92 Å². The molecule has 1 fully saturated rings. The summed E-state index contributed by atoms with van der Waals surface area (Å²) in [6.07, 6.45) is -1.82. The van der Waals surface area contributed by atoms with Crippen LogP contribution in [0.3, 0.4) is 0 Å². The van der Waals surface area contributed by atoms with E-state index in [1.54, 1.807) is 0 Å². The lowest BCUT2D eigenvalue weighted by Gasteiger charge is -2.39. The average molecular weight is 336 g/mol. The molecule has 8 heteroatoms. The van der Waals surface area contributed by atoms with Crippen molar-refractivity contribution in [3.05, 3.63) is 0 Å². The maximum atomic E-state index is 11.7. The second kappa shape index (κ2) is 12.4. The number of unbranched alkanes of at least 4 members (excludes halogenated alkanes) is 4. The van der Waals surface area contributed by atoms with Gasteiger partial charge >= 0.3 is 5.97 Å². The molecule has 8 nitrogen and oxygen atoms in total. The van der Waals surface area contributed by atoms with Crippen molar-refractivity contribution in [2.24, 2.45) is 0 Å². The van der Waals surface area contributed by atoms with Gasteiger partial charge in [0.25, 0.3) is 0 Å². The number of rotatable bonds is 8. The molecule has 4 N–H and O–H groups in total. The van der Waals surface area contributed by atoms with E-state index in [1.807, 2.05) is 6.79 Å². The van der Waals surface area contributed by atoms with Gasteiger partial charge in [-0.1, -0.05) is 32.6 Å². The molecule has 0 radical (unpaired) electrons. The van der Waals surface area contributed by atoms with Gasteiger partial charge in [-0.3, -0.25) is 4.79 Å². The second-order valence-electron chi connectivity index (χ2n) is 5.35. The molecule has 0 aromatic heterocycles. The molecule has 1 unspecified atom stereocenters. The number of aliphatic hydroxyl groups excluding tert-OH is 4. The topological polar surface area (TPSA) is 134 Å². The van der Waals surface area contributed by atoms with Gasteiger partial charge in [-0.2, -0.15) is 0 Å². The Morgan fingerprint density at radius 2 is 1.65 bits per heavy atom. The minimum Gasteiger partial charge on any atom is -0.433 e. The van der Waals surface area contributed by atoms with Crippen molar-refractivity contribution in [2.45, 2.75) is 76.2 Å². The summed E-state index contributed by atoms with van der Waals surface area (Å²) in [6, 6.07) is 0. The van der Waals surface area contributed by atoms with E-state index in [-0.39, 0.29) is 6.42 Å². The number of esters is 1. The molecular formula is C15H28O8. The van der Waals surface area contributed by atoms with Crippen molar-refractivity contribution in [1.29, 1.82) is 0 Å². The van der Waals surface area contributed by atoms with Crippen LogP contribution in [0.15, 0.2) is 0 Å². The third-order valence-corrected chi connectivity index (χ3v) is 3.58. The Bertz CT molecular complexity index is 323. The fraction of sp³-hybridized carbons (Fsp3) is 0.867. The summed E-state index contributed by atoms with van der Waals surface area (Å²) in [5.41, 5.74) is 0. The molecule has 0 aromatic carbocycles. The fourth-order valence-corrected chi connectivity index (χ4v) is 2.23. The Morgan fingerprint density at radius 1 is 1.04 bits per heavy atom. The zero-order valence-corrected chi connectivity index (χ0v) is 13.5. The second-order valence-corrected chi connectivity index (χ2v) is 5.35. The lowest BCUT2D eigenvalue weighted by Crippen LogP contribution is -2.59. The standard InChI is InChI=1S/C14H26O7.CH2O/c1-2-3-4-5-6-7-10(16)21-14-13(19)12(18)11(17)9(8-15)20-14;1-2/h9,11-15,17-19H,2-8H2,1H3;1H2/t9-,11-,12+,13-,14?;/m1./s1. The van der Waals surface area contributed by atoms with Crippen LogP contribution >= 0.6 is 0 Å². The Balaban J connectivity index is 0.00000232. The monoisotopic (exact) mass is 336 g/mol. The number of ether oxygens (including phenoxy) is 2. The summed E-state index contributed by atoms with van der Waals surface area (Å²) in [5, 5.41) is 37.9. The third kappa shape index (κ3) is 7.36. The van der Waals surface area contributed by atoms with Crippen LogP contribution in [-0.2, 0) is 19.1 Å². The molecule has 136 valence electrons. The highest BCUT2D eigenvalue weighted by Gasteiger charge is 2.45. The molecule has 1 aliphatic rings. The number of aliphatic hydroxyl groups is 4. The quantitative estimate of drug-likeness (QED) is 0.344. The van der Waals surface area contributed by atoms with Gasteiger partial charge in [0.05, 0.1) is 6.61 Å². The van der Waals surface area contributed by atoms with Gasteiger partial charge in [0.1, 0.15) is 31.2 Å². The fourth-order valence-electron chi connectivity index (χ4n) is 2.23. The maximum absolute atomic E-state index is 11.7. The van der Waals surface area contributed by atoms with Crippen LogP contribution < -0.4 is 0 Å². The van der Waals surface area contributed by atoms with Crippen molar-refractivity contribution >= 4 is 12.8 Å². The first kappa shape index (κ1) is 21.9. The van der Waals surface area contributed by atoms with Gasteiger partial charge in [-0.15, -0.1) is 0 Å². The number of hydrogen-bond acceptors (Lipinski definition) is 8. The molecule has 0 bridgehead atoms. The molecule has 1 saturated heterocycles. The number of carbonyl (C=O) groups excluding carboxylic acids is 2. The Labute approximate surface area is 136 Å². The van der Waals surface area contributed by atoms with Gasteiger partial charge in [-0.05, 0) is 6.42 Å². The van der Waals surface area contributed by atoms with Crippen LogP contribution in [0.25, 0.3) is 0 Å². The molecule has 1 aliphatic heterocycles. The van der Waals surface area contributed by atoms with Crippen LogP contribution in [0, 0.1) is 0 Å². The highest BCUT2D eigenvalue weighted by Crippen LogP contribution is 2.22. The van der Waals surface area contributed by atoms with Gasteiger partial charge in [-0.25, -0.2) is 0 Å². The normalized spacial score (nSPS) is 30.2. The highest BCUT2D eigenvalue weighted by atomic mass is 16.7. The van der Waals surface area contributed by atoms with Crippen LogP contribution in [0.1, 0.15) is 45.4 Å². The molecule has 0 spiro atoms. The lowest BCUT2D eigenvalue weighted by molar-refractivity contribution is -0.292. The first-order chi connectivity index (χ1) is 11.0. The summed E-state index contributed by atoms with van der Waals surface area (Å²) < 4.78 is 10.1. The van der Waals surface area contributed by atoms with Crippen molar-refractivity contribution in [3.8, 4) is 0 Å². The molecule has 0 aromatic rings. The Morgan fingerprint density at radius 3 is 2.22 bits per heavy atom. The molecule has 1 rings (SSSR count). The van der Waals surface area contributed by atoms with E-state index >= 15 is 0 Å². The smallest absolute Gasteiger partial charge is 0.308 e. The van der Waals surface area contributed by atoms with E-state index in [4.69, 9.17) is 19.4 Å². The Kier molecular flexibility index (Phi) is 11.8. The highest BCUT2D eigenvalue weighted by molar-refractivity contribution is 5.69. The summed E-state index contributed by atoms with van der Waals surface area (Å²) in [4.78, 5) is 19.7. The first-order valence-corrected chi connectivity index (χ1v) is 7.80. The van der Waals surface area contributed by atoms with Gasteiger partial charge in [0, 0.05) is 6.42 Å². The van der Waals surface area contributed by atoms with Gasteiger partial charge in [0.15, 0.2) is 0 Å². The van der Waals surface area contributed by atoms with Crippen molar-refractivity contribution in [2.75, 3.05) is 6.61 Å². The van der Waals surface area contributed by atoms with E-state index < -0.39 is 43.3 Å². The lowest BCUT2D eigenvalue weighted by atomic mass is 9.99. The maximum Gasteiger partial charge on any atom is 0.308 e. The molecule has 5 atom stereocenters. The van der Waals surface area contributed by atoms with E-state index in [9.17, 15) is 20.1 Å². The average Bonchev–Trinajstić information content (AvgIpc) is 2.57. The summed E-state index contributed by atoms with van der Waals surface area (Å²) in [7, 11) is 0. The van der Waals surface area contributed by atoms with Crippen LogP contribution in [-0.4, -0.2) is 70.5 Å². The molecule has 0 aliphatic carbocycles.